The van der Waals surface area contributed by atoms with Gasteiger partial charge in [-0.05, 0) is 20.5 Å². The van der Waals surface area contributed by atoms with Crippen LogP contribution in [0, 0.1) is 0 Å². The van der Waals surface area contributed by atoms with Crippen LogP contribution in [0.4, 0.5) is 0 Å². The summed E-state index contributed by atoms with van der Waals surface area (Å²) in [6.07, 6.45) is 3.69. The van der Waals surface area contributed by atoms with Gasteiger partial charge in [-0.3, -0.25) is 0 Å². The van der Waals surface area contributed by atoms with Crippen LogP contribution in [-0.2, 0) is 6.54 Å². The average molecular weight is 196 g/mol. The molecule has 14 heavy (non-hydrogen) atoms. The Morgan fingerprint density at radius 1 is 1.64 bits per heavy atom. The number of likely N-dealkylation sites (N-methyl/N-ethyl adjacent to an activating group) is 1. The van der Waals surface area contributed by atoms with Gasteiger partial charge >= 0.3 is 0 Å². The van der Waals surface area contributed by atoms with E-state index in [0.717, 1.165) is 25.3 Å². The topological polar surface area (TPSA) is 47.1 Å². The van der Waals surface area contributed by atoms with Crippen LogP contribution < -0.4 is 5.73 Å². The van der Waals surface area contributed by atoms with Crippen molar-refractivity contribution in [3.63, 3.8) is 0 Å². The highest BCUT2D eigenvalue weighted by atomic mass is 15.1. The van der Waals surface area contributed by atoms with Gasteiger partial charge in [0.05, 0.1) is 12.0 Å². The quantitative estimate of drug-likeness (QED) is 0.759. The van der Waals surface area contributed by atoms with Crippen LogP contribution in [-0.4, -0.2) is 34.6 Å². The molecular weight excluding hydrogens is 176 g/mol. The molecule has 0 fully saturated rings. The van der Waals surface area contributed by atoms with Crippen LogP contribution in [0.2, 0.25) is 0 Å². The van der Waals surface area contributed by atoms with Crippen LogP contribution in [0.15, 0.2) is 12.5 Å². The van der Waals surface area contributed by atoms with Crippen LogP contribution in [0.5, 0.6) is 0 Å². The molecule has 0 spiro atoms. The Morgan fingerprint density at radius 2 is 2.36 bits per heavy atom. The lowest BCUT2D eigenvalue weighted by Crippen LogP contribution is -2.24. The van der Waals surface area contributed by atoms with E-state index in [1.54, 1.807) is 0 Å². The molecule has 1 heterocycles. The molecule has 0 amide bonds. The first-order valence-electron chi connectivity index (χ1n) is 5.09. The fraction of sp³-hybridized carbons (Fsp3) is 0.700. The summed E-state index contributed by atoms with van der Waals surface area (Å²) in [6.45, 7) is 7.20. The highest BCUT2D eigenvalue weighted by Gasteiger charge is 2.06. The second-order valence-electron chi connectivity index (χ2n) is 3.70. The normalized spacial score (nSPS) is 13.5. The highest BCUT2D eigenvalue weighted by Crippen LogP contribution is 2.08. The van der Waals surface area contributed by atoms with Gasteiger partial charge in [0.25, 0.3) is 0 Å². The zero-order valence-electron chi connectivity index (χ0n) is 9.27. The Balaban J connectivity index is 2.54. The molecule has 0 saturated heterocycles. The maximum Gasteiger partial charge on any atom is 0.0949 e. The molecule has 2 N–H and O–H groups in total. The molecule has 4 nitrogen and oxygen atoms in total. The van der Waals surface area contributed by atoms with Crippen molar-refractivity contribution in [3.05, 3.63) is 18.2 Å². The fourth-order valence-corrected chi connectivity index (χ4v) is 1.33. The number of hydrogen-bond acceptors (Lipinski definition) is 3. The number of imidazole rings is 1. The molecule has 0 saturated carbocycles. The molecule has 80 valence electrons. The SMILES string of the molecule is CCN(C)CCn1cncc1C(C)N. The van der Waals surface area contributed by atoms with E-state index in [1.165, 1.54) is 0 Å². The van der Waals surface area contributed by atoms with Crippen LogP contribution in [0.3, 0.4) is 0 Å². The van der Waals surface area contributed by atoms with Crippen molar-refractivity contribution < 1.29 is 0 Å². The van der Waals surface area contributed by atoms with Crippen LogP contribution >= 0.6 is 0 Å². The molecule has 0 aliphatic carbocycles. The van der Waals surface area contributed by atoms with Crippen molar-refractivity contribution in [3.8, 4) is 0 Å². The van der Waals surface area contributed by atoms with Crippen molar-refractivity contribution in [2.75, 3.05) is 20.1 Å². The van der Waals surface area contributed by atoms with Crippen molar-refractivity contribution in [2.45, 2.75) is 26.4 Å². The Kier molecular flexibility index (Phi) is 4.10. The number of aromatic nitrogens is 2. The number of rotatable bonds is 5. The molecule has 4 heteroatoms. The van der Waals surface area contributed by atoms with Gasteiger partial charge in [-0.15, -0.1) is 0 Å². The van der Waals surface area contributed by atoms with Gasteiger partial charge in [0.15, 0.2) is 0 Å². The van der Waals surface area contributed by atoms with Gasteiger partial charge in [-0.1, -0.05) is 6.92 Å². The Labute approximate surface area is 85.7 Å². The minimum Gasteiger partial charge on any atom is -0.332 e. The minimum atomic E-state index is 0.0597. The lowest BCUT2D eigenvalue weighted by Gasteiger charge is -2.16. The standard InChI is InChI=1S/C10H20N4/c1-4-13(3)5-6-14-8-12-7-10(14)9(2)11/h7-9H,4-6,11H2,1-3H3. The van der Waals surface area contributed by atoms with Crippen molar-refractivity contribution in [2.24, 2.45) is 5.73 Å². The van der Waals surface area contributed by atoms with Crippen LogP contribution in [0.1, 0.15) is 25.6 Å². The monoisotopic (exact) mass is 196 g/mol. The van der Waals surface area contributed by atoms with Crippen LogP contribution in [0.25, 0.3) is 0 Å². The summed E-state index contributed by atoms with van der Waals surface area (Å²) in [4.78, 5) is 6.38. The minimum absolute atomic E-state index is 0.0597. The number of hydrogen-bond donors (Lipinski definition) is 1. The maximum absolute atomic E-state index is 5.82. The summed E-state index contributed by atoms with van der Waals surface area (Å²) < 4.78 is 2.12. The van der Waals surface area contributed by atoms with E-state index < -0.39 is 0 Å². The summed E-state index contributed by atoms with van der Waals surface area (Å²) >= 11 is 0. The second kappa shape index (κ2) is 5.12. The van der Waals surface area contributed by atoms with E-state index in [1.807, 2.05) is 19.4 Å². The lowest BCUT2D eigenvalue weighted by molar-refractivity contribution is 0.332. The van der Waals surface area contributed by atoms with Gasteiger partial charge in [0.2, 0.25) is 0 Å². The van der Waals surface area contributed by atoms with Crippen molar-refractivity contribution in [1.82, 2.24) is 14.5 Å². The predicted octanol–water partition coefficient (Wildman–Crippen LogP) is 0.854. The Bertz CT molecular complexity index is 267. The number of nitrogens with two attached hydrogens (primary N) is 1. The highest BCUT2D eigenvalue weighted by molar-refractivity contribution is 5.02. The van der Waals surface area contributed by atoms with Gasteiger partial charge < -0.3 is 15.2 Å². The molecule has 0 bridgehead atoms. The molecule has 0 radical (unpaired) electrons. The Morgan fingerprint density at radius 3 is 2.93 bits per heavy atom. The molecular formula is C10H20N4. The zero-order chi connectivity index (χ0) is 10.6. The third kappa shape index (κ3) is 2.82. The smallest absolute Gasteiger partial charge is 0.0949 e. The van der Waals surface area contributed by atoms with E-state index >= 15 is 0 Å². The largest absolute Gasteiger partial charge is 0.332 e. The fourth-order valence-electron chi connectivity index (χ4n) is 1.33. The molecule has 1 rings (SSSR count). The number of nitrogens with zero attached hydrogens (tertiary/aromatic N) is 3. The van der Waals surface area contributed by atoms with Crippen molar-refractivity contribution >= 4 is 0 Å². The molecule has 0 aliphatic heterocycles. The first kappa shape index (κ1) is 11.2. The third-order valence-corrected chi connectivity index (χ3v) is 2.47. The molecule has 1 atom stereocenters. The summed E-state index contributed by atoms with van der Waals surface area (Å²) in [5.41, 5.74) is 6.93. The second-order valence-corrected chi connectivity index (χ2v) is 3.70. The summed E-state index contributed by atoms with van der Waals surface area (Å²) in [5, 5.41) is 0. The lowest BCUT2D eigenvalue weighted by atomic mass is 10.3. The van der Waals surface area contributed by atoms with Gasteiger partial charge in [0, 0.05) is 25.3 Å². The van der Waals surface area contributed by atoms with E-state index in [4.69, 9.17) is 5.73 Å². The van der Waals surface area contributed by atoms with E-state index in [9.17, 15) is 0 Å². The Hall–Kier alpha value is -0.870. The molecule has 1 unspecified atom stereocenters. The molecule has 0 aliphatic rings. The zero-order valence-corrected chi connectivity index (χ0v) is 9.27. The summed E-state index contributed by atoms with van der Waals surface area (Å²) in [5.74, 6) is 0. The first-order chi connectivity index (χ1) is 6.65. The van der Waals surface area contributed by atoms with E-state index in [-0.39, 0.29) is 6.04 Å². The molecule has 1 aromatic heterocycles. The van der Waals surface area contributed by atoms with Gasteiger partial charge in [-0.2, -0.15) is 0 Å². The van der Waals surface area contributed by atoms with E-state index in [0.29, 0.717) is 0 Å². The van der Waals surface area contributed by atoms with Crippen molar-refractivity contribution in [1.29, 1.82) is 0 Å². The summed E-state index contributed by atoms with van der Waals surface area (Å²) in [7, 11) is 2.11. The van der Waals surface area contributed by atoms with E-state index in [2.05, 4.69) is 28.4 Å². The van der Waals surface area contributed by atoms with Gasteiger partial charge in [-0.25, -0.2) is 4.98 Å². The molecule has 1 aromatic rings. The van der Waals surface area contributed by atoms with Gasteiger partial charge in [0.1, 0.15) is 0 Å². The average Bonchev–Trinajstić information content (AvgIpc) is 2.62. The summed E-state index contributed by atoms with van der Waals surface area (Å²) in [6, 6.07) is 0.0597. The molecule has 0 aromatic carbocycles. The maximum atomic E-state index is 5.82. The first-order valence-corrected chi connectivity index (χ1v) is 5.09. The third-order valence-electron chi connectivity index (χ3n) is 2.47. The predicted molar refractivity (Wildman–Crippen MR) is 58.0 cm³/mol.